The quantitative estimate of drug-likeness (QED) is 0.478. The Morgan fingerprint density at radius 3 is 2.00 bits per heavy atom. The van der Waals surface area contributed by atoms with E-state index in [1.165, 1.54) is 19.1 Å². The first-order valence-corrected chi connectivity index (χ1v) is 5.89. The third-order valence-electron chi connectivity index (χ3n) is 2.30. The van der Waals surface area contributed by atoms with E-state index in [2.05, 4.69) is 0 Å². The van der Waals surface area contributed by atoms with Gasteiger partial charge in [-0.3, -0.25) is 14.4 Å². The summed E-state index contributed by atoms with van der Waals surface area (Å²) in [6, 6.07) is 2.66. The molecule has 0 aliphatic carbocycles. The summed E-state index contributed by atoms with van der Waals surface area (Å²) in [5.41, 5.74) is 0.214. The molecule has 0 saturated carbocycles. The molecule has 0 spiro atoms. The van der Waals surface area contributed by atoms with Crippen LogP contribution in [0.4, 0.5) is 5.69 Å². The monoisotopic (exact) mass is 299 g/mol. The number of ether oxygens (including phenoxy) is 1. The van der Waals surface area contributed by atoms with Crippen molar-refractivity contribution in [1.29, 1.82) is 0 Å². The van der Waals surface area contributed by atoms with Gasteiger partial charge in [0, 0.05) is 19.1 Å². The molecule has 19 heavy (non-hydrogen) atoms. The molecular weight excluding hydrogens is 293 g/mol. The number of halogens is 2. The van der Waals surface area contributed by atoms with E-state index in [-0.39, 0.29) is 21.5 Å². The average Bonchev–Trinajstić information content (AvgIpc) is 2.63. The lowest BCUT2D eigenvalue weighted by atomic mass is 10.2. The Morgan fingerprint density at radius 1 is 1.11 bits per heavy atom. The Labute approximate surface area is 118 Å². The molecule has 1 aromatic carbocycles. The second-order valence-corrected chi connectivity index (χ2v) is 4.49. The summed E-state index contributed by atoms with van der Waals surface area (Å²) >= 11 is 11.8. The van der Waals surface area contributed by atoms with Crippen LogP contribution in [-0.2, 0) is 14.4 Å². The molecule has 1 aliphatic heterocycles. The zero-order valence-corrected chi connectivity index (χ0v) is 11.2. The lowest BCUT2D eigenvalue weighted by Crippen LogP contribution is -2.29. The maximum atomic E-state index is 11.5. The first kappa shape index (κ1) is 13.6. The molecule has 0 bridgehead atoms. The predicted octanol–water partition coefficient (Wildman–Crippen LogP) is 2.35. The number of hydrogen-bond acceptors (Lipinski definition) is 4. The molecule has 0 radical (unpaired) electrons. The average molecular weight is 300 g/mol. The Balaban J connectivity index is 2.43. The van der Waals surface area contributed by atoms with Crippen LogP contribution in [-0.4, -0.2) is 17.8 Å². The van der Waals surface area contributed by atoms with Crippen LogP contribution >= 0.6 is 23.2 Å². The first-order valence-electron chi connectivity index (χ1n) is 5.13. The Kier molecular flexibility index (Phi) is 3.59. The third kappa shape index (κ3) is 2.62. The van der Waals surface area contributed by atoms with Crippen molar-refractivity contribution in [1.82, 2.24) is 0 Å². The van der Waals surface area contributed by atoms with E-state index in [0.29, 0.717) is 0 Å². The minimum atomic E-state index is -0.577. The first-order chi connectivity index (χ1) is 8.90. The molecule has 0 atom stereocenters. The van der Waals surface area contributed by atoms with Gasteiger partial charge in [-0.25, -0.2) is 4.90 Å². The molecular formula is C12H7Cl2NO4. The van der Waals surface area contributed by atoms with Crippen LogP contribution in [0.15, 0.2) is 24.3 Å². The molecule has 0 unspecified atom stereocenters. The van der Waals surface area contributed by atoms with E-state index in [1.807, 2.05) is 0 Å². The van der Waals surface area contributed by atoms with Gasteiger partial charge < -0.3 is 4.74 Å². The van der Waals surface area contributed by atoms with Gasteiger partial charge in [0.05, 0.1) is 15.7 Å². The number of anilines is 1. The zero-order chi connectivity index (χ0) is 14.2. The number of carbonyl (C=O) groups is 3. The van der Waals surface area contributed by atoms with E-state index in [4.69, 9.17) is 27.9 Å². The van der Waals surface area contributed by atoms with Crippen LogP contribution in [0.3, 0.4) is 0 Å². The van der Waals surface area contributed by atoms with Crippen LogP contribution in [0, 0.1) is 0 Å². The number of carbonyl (C=O) groups excluding carboxylic acids is 3. The Morgan fingerprint density at radius 2 is 1.58 bits per heavy atom. The van der Waals surface area contributed by atoms with E-state index in [9.17, 15) is 14.4 Å². The second kappa shape index (κ2) is 5.03. The number of rotatable bonds is 2. The summed E-state index contributed by atoms with van der Waals surface area (Å²) in [6.07, 6.45) is 2.29. The topological polar surface area (TPSA) is 63.7 Å². The number of hydrogen-bond donors (Lipinski definition) is 0. The fraction of sp³-hybridized carbons (Fsp3) is 0.0833. The standard InChI is InChI=1S/C12H7Cl2NO4/c1-6(16)19-12-8(13)4-7(5-9(12)14)15-10(17)2-3-11(15)18/h2-5H,1H3. The summed E-state index contributed by atoms with van der Waals surface area (Å²) in [7, 11) is 0. The molecule has 0 fully saturated rings. The zero-order valence-electron chi connectivity index (χ0n) is 9.65. The molecule has 1 heterocycles. The van der Waals surface area contributed by atoms with Crippen molar-refractivity contribution in [3.05, 3.63) is 34.3 Å². The summed E-state index contributed by atoms with van der Waals surface area (Å²) in [5, 5.41) is 0.0652. The van der Waals surface area contributed by atoms with Crippen molar-refractivity contribution in [2.75, 3.05) is 4.90 Å². The van der Waals surface area contributed by atoms with E-state index in [0.717, 1.165) is 17.1 Å². The normalized spacial score (nSPS) is 14.2. The van der Waals surface area contributed by atoms with Gasteiger partial charge >= 0.3 is 5.97 Å². The van der Waals surface area contributed by atoms with Crippen LogP contribution in [0.1, 0.15) is 6.92 Å². The van der Waals surface area contributed by atoms with Gasteiger partial charge in [0.15, 0.2) is 5.75 Å². The maximum Gasteiger partial charge on any atom is 0.308 e. The van der Waals surface area contributed by atoms with Gasteiger partial charge in [-0.05, 0) is 12.1 Å². The number of esters is 1. The van der Waals surface area contributed by atoms with E-state index in [1.54, 1.807) is 0 Å². The lowest BCUT2D eigenvalue weighted by Gasteiger charge is -2.16. The van der Waals surface area contributed by atoms with Crippen molar-refractivity contribution in [3.63, 3.8) is 0 Å². The molecule has 98 valence electrons. The molecule has 2 amide bonds. The highest BCUT2D eigenvalue weighted by molar-refractivity contribution is 6.38. The molecule has 2 rings (SSSR count). The summed E-state index contributed by atoms with van der Waals surface area (Å²) in [5.74, 6) is -1.56. The van der Waals surface area contributed by atoms with Gasteiger partial charge in [0.2, 0.25) is 0 Å². The highest BCUT2D eigenvalue weighted by atomic mass is 35.5. The fourth-order valence-electron chi connectivity index (χ4n) is 1.57. The van der Waals surface area contributed by atoms with Gasteiger partial charge in [-0.2, -0.15) is 0 Å². The summed E-state index contributed by atoms with van der Waals surface area (Å²) in [6.45, 7) is 1.21. The molecule has 5 nitrogen and oxygen atoms in total. The van der Waals surface area contributed by atoms with Gasteiger partial charge in [-0.1, -0.05) is 23.2 Å². The summed E-state index contributed by atoms with van der Waals surface area (Å²) < 4.78 is 4.84. The molecule has 1 aliphatic rings. The largest absolute Gasteiger partial charge is 0.424 e. The highest BCUT2D eigenvalue weighted by Crippen LogP contribution is 2.37. The van der Waals surface area contributed by atoms with Gasteiger partial charge in [0.1, 0.15) is 0 Å². The molecule has 1 aromatic rings. The van der Waals surface area contributed by atoms with Crippen molar-refractivity contribution in [2.45, 2.75) is 6.92 Å². The Bertz CT molecular complexity index is 583. The van der Waals surface area contributed by atoms with Crippen molar-refractivity contribution in [3.8, 4) is 5.75 Å². The fourth-order valence-corrected chi connectivity index (χ4v) is 2.12. The third-order valence-corrected chi connectivity index (χ3v) is 2.86. The van der Waals surface area contributed by atoms with Crippen LogP contribution in [0.2, 0.25) is 10.0 Å². The highest BCUT2D eigenvalue weighted by Gasteiger charge is 2.26. The molecule has 7 heteroatoms. The van der Waals surface area contributed by atoms with E-state index >= 15 is 0 Å². The maximum absolute atomic E-state index is 11.5. The number of benzene rings is 1. The van der Waals surface area contributed by atoms with Crippen molar-refractivity contribution < 1.29 is 19.1 Å². The Hall–Kier alpha value is -1.85. The minimum Gasteiger partial charge on any atom is -0.424 e. The number of amides is 2. The van der Waals surface area contributed by atoms with Crippen molar-refractivity contribution >= 4 is 46.7 Å². The van der Waals surface area contributed by atoms with Gasteiger partial charge in [-0.15, -0.1) is 0 Å². The number of imide groups is 1. The van der Waals surface area contributed by atoms with Crippen LogP contribution in [0.5, 0.6) is 5.75 Å². The summed E-state index contributed by atoms with van der Waals surface area (Å²) in [4.78, 5) is 34.8. The predicted molar refractivity (Wildman–Crippen MR) is 69.4 cm³/mol. The van der Waals surface area contributed by atoms with E-state index < -0.39 is 17.8 Å². The molecule has 0 N–H and O–H groups in total. The molecule has 0 aromatic heterocycles. The minimum absolute atomic E-state index is 0.00774. The smallest absolute Gasteiger partial charge is 0.308 e. The second-order valence-electron chi connectivity index (χ2n) is 3.68. The van der Waals surface area contributed by atoms with Crippen molar-refractivity contribution in [2.24, 2.45) is 0 Å². The van der Waals surface area contributed by atoms with Crippen LogP contribution in [0.25, 0.3) is 0 Å². The molecule has 0 saturated heterocycles. The number of nitrogens with zero attached hydrogens (tertiary/aromatic N) is 1. The lowest BCUT2D eigenvalue weighted by molar-refractivity contribution is -0.132. The van der Waals surface area contributed by atoms with Crippen LogP contribution < -0.4 is 9.64 Å². The SMILES string of the molecule is CC(=O)Oc1c(Cl)cc(N2C(=O)C=CC2=O)cc1Cl. The van der Waals surface area contributed by atoms with Gasteiger partial charge in [0.25, 0.3) is 11.8 Å².